The van der Waals surface area contributed by atoms with Gasteiger partial charge in [0.15, 0.2) is 0 Å². The maximum absolute atomic E-state index is 10.6. The van der Waals surface area contributed by atoms with Crippen LogP contribution in [0.5, 0.6) is 5.75 Å². The Bertz CT molecular complexity index is 381. The van der Waals surface area contributed by atoms with Crippen molar-refractivity contribution in [2.45, 2.75) is 49.8 Å². The van der Waals surface area contributed by atoms with Gasteiger partial charge in [0, 0.05) is 18.5 Å². The molecule has 1 aromatic rings. The maximum atomic E-state index is 10.6. The molecular formula is C15H21NO2. The lowest BCUT2D eigenvalue weighted by molar-refractivity contribution is -0.0229. The van der Waals surface area contributed by atoms with Crippen molar-refractivity contribution in [3.8, 4) is 5.75 Å². The van der Waals surface area contributed by atoms with Gasteiger partial charge in [-0.15, -0.1) is 0 Å². The molecule has 2 bridgehead atoms. The Morgan fingerprint density at radius 1 is 1.17 bits per heavy atom. The average molecular weight is 247 g/mol. The van der Waals surface area contributed by atoms with Gasteiger partial charge in [-0.1, -0.05) is 18.2 Å². The molecule has 0 aromatic heterocycles. The van der Waals surface area contributed by atoms with Crippen LogP contribution in [-0.4, -0.2) is 29.4 Å². The van der Waals surface area contributed by atoms with Gasteiger partial charge in [-0.2, -0.15) is 0 Å². The number of benzene rings is 1. The minimum atomic E-state index is -0.522. The van der Waals surface area contributed by atoms with Crippen LogP contribution in [0.2, 0.25) is 0 Å². The van der Waals surface area contributed by atoms with E-state index >= 15 is 0 Å². The van der Waals surface area contributed by atoms with Crippen LogP contribution in [-0.2, 0) is 0 Å². The molecule has 98 valence electrons. The highest BCUT2D eigenvalue weighted by molar-refractivity contribution is 5.20. The van der Waals surface area contributed by atoms with E-state index in [4.69, 9.17) is 4.74 Å². The maximum Gasteiger partial charge on any atom is 0.119 e. The highest BCUT2D eigenvalue weighted by Gasteiger charge is 2.42. The van der Waals surface area contributed by atoms with Gasteiger partial charge in [0.2, 0.25) is 0 Å². The lowest BCUT2D eigenvalue weighted by Crippen LogP contribution is -2.49. The highest BCUT2D eigenvalue weighted by Crippen LogP contribution is 2.35. The van der Waals surface area contributed by atoms with Crippen molar-refractivity contribution in [3.63, 3.8) is 0 Å². The first-order valence-corrected chi connectivity index (χ1v) is 6.90. The summed E-state index contributed by atoms with van der Waals surface area (Å²) < 4.78 is 5.68. The number of rotatable bonds is 4. The number of piperidine rings is 1. The molecule has 1 aromatic carbocycles. The predicted octanol–water partition coefficient (Wildman–Crippen LogP) is 2.10. The van der Waals surface area contributed by atoms with E-state index in [0.717, 1.165) is 25.0 Å². The highest BCUT2D eigenvalue weighted by atomic mass is 16.5. The molecule has 18 heavy (non-hydrogen) atoms. The van der Waals surface area contributed by atoms with Gasteiger partial charge in [-0.05, 0) is 37.8 Å². The zero-order chi connectivity index (χ0) is 12.4. The summed E-state index contributed by atoms with van der Waals surface area (Å²) in [5.41, 5.74) is -0.522. The van der Waals surface area contributed by atoms with Crippen molar-refractivity contribution in [1.82, 2.24) is 5.32 Å². The molecule has 0 aliphatic carbocycles. The molecule has 2 fully saturated rings. The first-order chi connectivity index (χ1) is 8.73. The Hall–Kier alpha value is -1.06. The number of hydrogen-bond donors (Lipinski definition) is 2. The molecule has 3 heteroatoms. The van der Waals surface area contributed by atoms with E-state index in [1.807, 2.05) is 30.3 Å². The molecule has 2 N–H and O–H groups in total. The number of hydrogen-bond acceptors (Lipinski definition) is 3. The third-order valence-corrected chi connectivity index (χ3v) is 4.17. The van der Waals surface area contributed by atoms with Crippen molar-refractivity contribution >= 4 is 0 Å². The largest absolute Gasteiger partial charge is 0.493 e. The van der Waals surface area contributed by atoms with E-state index in [-0.39, 0.29) is 0 Å². The van der Waals surface area contributed by atoms with Crippen molar-refractivity contribution in [2.75, 3.05) is 6.61 Å². The Balaban J connectivity index is 1.51. The molecule has 0 radical (unpaired) electrons. The Labute approximate surface area is 108 Å². The van der Waals surface area contributed by atoms with E-state index in [9.17, 15) is 5.11 Å². The monoisotopic (exact) mass is 247 g/mol. The van der Waals surface area contributed by atoms with E-state index in [1.54, 1.807) is 0 Å². The average Bonchev–Trinajstić information content (AvgIpc) is 2.70. The van der Waals surface area contributed by atoms with Crippen LogP contribution in [0.1, 0.15) is 32.1 Å². The van der Waals surface area contributed by atoms with Crippen LogP contribution in [0.15, 0.2) is 30.3 Å². The summed E-state index contributed by atoms with van der Waals surface area (Å²) in [5.74, 6) is 0.887. The minimum Gasteiger partial charge on any atom is -0.493 e. The van der Waals surface area contributed by atoms with Crippen LogP contribution < -0.4 is 10.1 Å². The molecule has 0 saturated carbocycles. The third kappa shape index (κ3) is 2.68. The molecule has 2 saturated heterocycles. The Morgan fingerprint density at radius 3 is 2.50 bits per heavy atom. The standard InChI is InChI=1S/C15H21NO2/c17-15(10-12-6-7-13(11-15)16-12)8-9-18-14-4-2-1-3-5-14/h1-5,12-13,16-17H,6-11H2. The second-order valence-electron chi connectivity index (χ2n) is 5.68. The van der Waals surface area contributed by atoms with E-state index in [1.165, 1.54) is 12.8 Å². The lowest BCUT2D eigenvalue weighted by Gasteiger charge is -2.37. The first-order valence-electron chi connectivity index (χ1n) is 6.90. The fraction of sp³-hybridized carbons (Fsp3) is 0.600. The zero-order valence-corrected chi connectivity index (χ0v) is 10.6. The van der Waals surface area contributed by atoms with E-state index in [0.29, 0.717) is 18.7 Å². The van der Waals surface area contributed by atoms with Crippen LogP contribution in [0, 0.1) is 0 Å². The van der Waals surface area contributed by atoms with Gasteiger partial charge < -0.3 is 15.2 Å². The number of nitrogens with one attached hydrogen (secondary N) is 1. The molecule has 0 spiro atoms. The molecule has 3 nitrogen and oxygen atoms in total. The minimum absolute atomic E-state index is 0.519. The van der Waals surface area contributed by atoms with Crippen LogP contribution in [0.3, 0.4) is 0 Å². The number of fused-ring (bicyclic) bond motifs is 2. The fourth-order valence-corrected chi connectivity index (χ4v) is 3.30. The molecular weight excluding hydrogens is 226 g/mol. The molecule has 2 unspecified atom stereocenters. The van der Waals surface area contributed by atoms with Crippen LogP contribution in [0.25, 0.3) is 0 Å². The molecule has 2 aliphatic heterocycles. The third-order valence-electron chi connectivity index (χ3n) is 4.17. The van der Waals surface area contributed by atoms with Crippen molar-refractivity contribution < 1.29 is 9.84 Å². The topological polar surface area (TPSA) is 41.5 Å². The summed E-state index contributed by atoms with van der Waals surface area (Å²) in [6, 6.07) is 10.9. The van der Waals surface area contributed by atoms with Gasteiger partial charge in [-0.25, -0.2) is 0 Å². The molecule has 2 atom stereocenters. The van der Waals surface area contributed by atoms with E-state index < -0.39 is 5.60 Å². The number of para-hydroxylation sites is 1. The van der Waals surface area contributed by atoms with Gasteiger partial charge in [0.1, 0.15) is 5.75 Å². The van der Waals surface area contributed by atoms with Crippen molar-refractivity contribution in [1.29, 1.82) is 0 Å². The van der Waals surface area contributed by atoms with Crippen molar-refractivity contribution in [3.05, 3.63) is 30.3 Å². The lowest BCUT2D eigenvalue weighted by atomic mass is 9.85. The second kappa shape index (κ2) is 4.90. The zero-order valence-electron chi connectivity index (χ0n) is 10.6. The Kier molecular flexibility index (Phi) is 3.27. The van der Waals surface area contributed by atoms with Crippen LogP contribution in [0.4, 0.5) is 0 Å². The number of aliphatic hydroxyl groups is 1. The van der Waals surface area contributed by atoms with Gasteiger partial charge in [0.05, 0.1) is 12.2 Å². The Morgan fingerprint density at radius 2 is 1.83 bits per heavy atom. The summed E-state index contributed by atoms with van der Waals surface area (Å²) in [4.78, 5) is 0. The number of ether oxygens (including phenoxy) is 1. The molecule has 3 rings (SSSR count). The summed E-state index contributed by atoms with van der Waals surface area (Å²) >= 11 is 0. The van der Waals surface area contributed by atoms with Crippen LogP contribution >= 0.6 is 0 Å². The normalized spacial score (nSPS) is 34.5. The molecule has 2 heterocycles. The van der Waals surface area contributed by atoms with Gasteiger partial charge in [0.25, 0.3) is 0 Å². The summed E-state index contributed by atoms with van der Waals surface area (Å²) in [6.45, 7) is 0.597. The van der Waals surface area contributed by atoms with E-state index in [2.05, 4.69) is 5.32 Å². The molecule has 0 amide bonds. The van der Waals surface area contributed by atoms with Gasteiger partial charge >= 0.3 is 0 Å². The molecule has 2 aliphatic rings. The predicted molar refractivity (Wildman–Crippen MR) is 70.7 cm³/mol. The summed E-state index contributed by atoms with van der Waals surface area (Å²) in [6.07, 6.45) is 4.92. The SMILES string of the molecule is OC1(CCOc2ccccc2)CC2CCC(C1)N2. The quantitative estimate of drug-likeness (QED) is 0.856. The van der Waals surface area contributed by atoms with Crippen molar-refractivity contribution in [2.24, 2.45) is 0 Å². The second-order valence-corrected chi connectivity index (χ2v) is 5.68. The summed E-state index contributed by atoms with van der Waals surface area (Å²) in [7, 11) is 0. The fourth-order valence-electron chi connectivity index (χ4n) is 3.30. The summed E-state index contributed by atoms with van der Waals surface area (Å²) in [5, 5.41) is 14.2. The smallest absolute Gasteiger partial charge is 0.119 e. The first kappa shape index (κ1) is 12.0. The van der Waals surface area contributed by atoms with Gasteiger partial charge in [-0.3, -0.25) is 0 Å².